The fourth-order valence-corrected chi connectivity index (χ4v) is 3.46. The fourth-order valence-electron chi connectivity index (χ4n) is 3.46. The topological polar surface area (TPSA) is 70.3 Å². The molecule has 2 aromatic carbocycles. The Bertz CT molecular complexity index is 863. The van der Waals surface area contributed by atoms with E-state index in [1.54, 1.807) is 0 Å². The molecule has 1 aliphatic carbocycles. The Balaban J connectivity index is 1.82. The summed E-state index contributed by atoms with van der Waals surface area (Å²) in [6, 6.07) is 9.79. The third-order valence-electron chi connectivity index (χ3n) is 4.74. The van der Waals surface area contributed by atoms with Gasteiger partial charge in [-0.2, -0.15) is 0 Å². The summed E-state index contributed by atoms with van der Waals surface area (Å²) in [6.45, 7) is 3.41. The highest BCUT2D eigenvalue weighted by Gasteiger charge is 2.25. The largest absolute Gasteiger partial charge is 0.506 e. The summed E-state index contributed by atoms with van der Waals surface area (Å²) in [7, 11) is 0. The number of rotatable bonds is 3. The van der Waals surface area contributed by atoms with Gasteiger partial charge in [0.1, 0.15) is 5.75 Å². The molecular weight excluding hydrogens is 298 g/mol. The molecular formula is C20H21N3O. The van der Waals surface area contributed by atoms with E-state index < -0.39 is 0 Å². The van der Waals surface area contributed by atoms with Crippen molar-refractivity contribution in [3.05, 3.63) is 64.7 Å². The van der Waals surface area contributed by atoms with Gasteiger partial charge < -0.3 is 21.5 Å². The Morgan fingerprint density at radius 1 is 1.25 bits per heavy atom. The van der Waals surface area contributed by atoms with Crippen LogP contribution in [0.1, 0.15) is 23.1 Å². The highest BCUT2D eigenvalue weighted by Crippen LogP contribution is 2.47. The zero-order chi connectivity index (χ0) is 16.7. The van der Waals surface area contributed by atoms with E-state index >= 15 is 0 Å². The van der Waals surface area contributed by atoms with Crippen LogP contribution in [0.4, 0.5) is 17.1 Å². The average molecular weight is 319 g/mol. The molecule has 1 aliphatic heterocycles. The Kier molecular flexibility index (Phi) is 3.54. The van der Waals surface area contributed by atoms with Crippen molar-refractivity contribution < 1.29 is 5.11 Å². The summed E-state index contributed by atoms with van der Waals surface area (Å²) in [6.07, 6.45) is 5.32. The zero-order valence-electron chi connectivity index (χ0n) is 13.7. The molecule has 0 spiro atoms. The number of aromatic hydroxyl groups is 1. The number of phenols is 1. The fraction of sp³-hybridized carbons (Fsp3) is 0.200. The summed E-state index contributed by atoms with van der Waals surface area (Å²) >= 11 is 0. The third kappa shape index (κ3) is 2.36. The second kappa shape index (κ2) is 5.73. The molecule has 0 aromatic heterocycles. The van der Waals surface area contributed by atoms with Crippen molar-refractivity contribution in [2.45, 2.75) is 19.9 Å². The lowest BCUT2D eigenvalue weighted by Gasteiger charge is -2.26. The molecule has 5 N–H and O–H groups in total. The molecule has 0 unspecified atom stereocenters. The van der Waals surface area contributed by atoms with Crippen LogP contribution in [0.3, 0.4) is 0 Å². The van der Waals surface area contributed by atoms with Crippen LogP contribution in [-0.4, -0.2) is 11.7 Å². The molecule has 0 atom stereocenters. The molecule has 0 radical (unpaired) electrons. The molecule has 2 aromatic rings. The van der Waals surface area contributed by atoms with Crippen molar-refractivity contribution in [2.75, 3.05) is 17.2 Å². The first-order valence-corrected chi connectivity index (χ1v) is 8.23. The maximum absolute atomic E-state index is 10.6. The number of aryl methyl sites for hydroxylation is 1. The first-order chi connectivity index (χ1) is 11.7. The lowest BCUT2D eigenvalue weighted by molar-refractivity contribution is 0.477. The smallest absolute Gasteiger partial charge is 0.140 e. The number of nitrogens with two attached hydrogens (primary N) is 1. The lowest BCUT2D eigenvalue weighted by Crippen LogP contribution is -2.14. The number of fused-ring (bicyclic) bond motifs is 2. The third-order valence-corrected chi connectivity index (χ3v) is 4.74. The maximum Gasteiger partial charge on any atom is 0.140 e. The van der Waals surface area contributed by atoms with Crippen molar-refractivity contribution in [3.63, 3.8) is 0 Å². The van der Waals surface area contributed by atoms with Crippen LogP contribution in [0.15, 0.2) is 48.1 Å². The summed E-state index contributed by atoms with van der Waals surface area (Å²) in [4.78, 5) is 0. The van der Waals surface area contributed by atoms with Gasteiger partial charge in [-0.1, -0.05) is 24.3 Å². The molecule has 1 heterocycles. The normalized spacial score (nSPS) is 15.1. The van der Waals surface area contributed by atoms with Crippen molar-refractivity contribution in [2.24, 2.45) is 5.73 Å². The number of allylic oxidation sites excluding steroid dienone is 3. The van der Waals surface area contributed by atoms with Crippen molar-refractivity contribution in [1.29, 1.82) is 0 Å². The molecule has 0 saturated heterocycles. The molecule has 24 heavy (non-hydrogen) atoms. The van der Waals surface area contributed by atoms with E-state index in [0.717, 1.165) is 46.7 Å². The Labute approximate surface area is 141 Å². The van der Waals surface area contributed by atoms with Crippen LogP contribution in [0, 0.1) is 6.92 Å². The molecule has 4 rings (SSSR count). The Morgan fingerprint density at radius 3 is 2.79 bits per heavy atom. The minimum atomic E-state index is 0.269. The van der Waals surface area contributed by atoms with Gasteiger partial charge in [-0.15, -0.1) is 0 Å². The van der Waals surface area contributed by atoms with Gasteiger partial charge in [-0.05, 0) is 53.8 Å². The summed E-state index contributed by atoms with van der Waals surface area (Å²) in [5.74, 6) is 0.269. The number of hydrogen-bond donors (Lipinski definition) is 4. The van der Waals surface area contributed by atoms with Gasteiger partial charge in [-0.25, -0.2) is 0 Å². The van der Waals surface area contributed by atoms with E-state index in [1.165, 1.54) is 11.1 Å². The molecule has 0 bridgehead atoms. The standard InChI is InChI=1S/C20H21N3O/c1-12-9-17(24)20(23-15-7-5-13(10-21)6-8-15)18-16-4-2-3-14(16)11-22-19(12)18/h2,4-9,22-24H,3,10-11,21H2,1H3. The second-order valence-electron chi connectivity index (χ2n) is 6.34. The number of anilines is 3. The van der Waals surface area contributed by atoms with Crippen LogP contribution in [0.2, 0.25) is 0 Å². The molecule has 0 amide bonds. The number of nitrogens with one attached hydrogen (secondary N) is 2. The summed E-state index contributed by atoms with van der Waals surface area (Å²) in [5, 5.41) is 17.5. The van der Waals surface area contributed by atoms with Crippen molar-refractivity contribution >= 4 is 22.6 Å². The van der Waals surface area contributed by atoms with Crippen LogP contribution in [-0.2, 0) is 6.54 Å². The predicted octanol–water partition coefficient (Wildman–Crippen LogP) is 4.04. The van der Waals surface area contributed by atoms with Crippen LogP contribution >= 0.6 is 0 Å². The molecule has 2 aliphatic rings. The molecule has 0 fully saturated rings. The number of phenolic OH excluding ortho intramolecular Hbond substituents is 1. The van der Waals surface area contributed by atoms with Gasteiger partial charge in [0.15, 0.2) is 0 Å². The Morgan fingerprint density at radius 2 is 2.04 bits per heavy atom. The minimum absolute atomic E-state index is 0.269. The number of benzene rings is 2. The van der Waals surface area contributed by atoms with E-state index in [1.807, 2.05) is 37.3 Å². The van der Waals surface area contributed by atoms with Crippen LogP contribution in [0.5, 0.6) is 5.75 Å². The van der Waals surface area contributed by atoms with Gasteiger partial charge in [0.25, 0.3) is 0 Å². The zero-order valence-corrected chi connectivity index (χ0v) is 13.7. The monoisotopic (exact) mass is 319 g/mol. The quantitative estimate of drug-likeness (QED) is 0.509. The molecule has 122 valence electrons. The van der Waals surface area contributed by atoms with Crippen molar-refractivity contribution in [1.82, 2.24) is 0 Å². The average Bonchev–Trinajstić information content (AvgIpc) is 3.07. The first-order valence-electron chi connectivity index (χ1n) is 8.23. The maximum atomic E-state index is 10.6. The van der Waals surface area contributed by atoms with E-state index in [-0.39, 0.29) is 5.75 Å². The molecule has 4 heteroatoms. The van der Waals surface area contributed by atoms with E-state index in [9.17, 15) is 5.11 Å². The highest BCUT2D eigenvalue weighted by atomic mass is 16.3. The van der Waals surface area contributed by atoms with Gasteiger partial charge >= 0.3 is 0 Å². The predicted molar refractivity (Wildman–Crippen MR) is 99.6 cm³/mol. The lowest BCUT2D eigenvalue weighted by atomic mass is 9.92. The van der Waals surface area contributed by atoms with E-state index in [0.29, 0.717) is 6.54 Å². The molecule has 4 nitrogen and oxygen atoms in total. The van der Waals surface area contributed by atoms with Gasteiger partial charge in [-0.3, -0.25) is 0 Å². The van der Waals surface area contributed by atoms with E-state index in [2.05, 4.69) is 22.8 Å². The van der Waals surface area contributed by atoms with Gasteiger partial charge in [0.2, 0.25) is 0 Å². The van der Waals surface area contributed by atoms with Gasteiger partial charge in [0.05, 0.1) is 5.69 Å². The van der Waals surface area contributed by atoms with Gasteiger partial charge in [0, 0.05) is 30.0 Å². The molecule has 0 saturated carbocycles. The van der Waals surface area contributed by atoms with Crippen LogP contribution in [0.25, 0.3) is 5.57 Å². The Hall–Kier alpha value is -2.72. The van der Waals surface area contributed by atoms with E-state index in [4.69, 9.17) is 5.73 Å². The second-order valence-corrected chi connectivity index (χ2v) is 6.34. The summed E-state index contributed by atoms with van der Waals surface area (Å²) < 4.78 is 0. The minimum Gasteiger partial charge on any atom is -0.506 e. The summed E-state index contributed by atoms with van der Waals surface area (Å²) in [5.41, 5.74) is 14.2. The first kappa shape index (κ1) is 14.8. The SMILES string of the molecule is Cc1cc(O)c(Nc2ccc(CN)cc2)c2c1NCC1=C2C=CC1. The highest BCUT2D eigenvalue weighted by molar-refractivity contribution is 5.98. The van der Waals surface area contributed by atoms with Crippen LogP contribution < -0.4 is 16.4 Å². The van der Waals surface area contributed by atoms with Crippen molar-refractivity contribution in [3.8, 4) is 5.75 Å². The number of hydrogen-bond acceptors (Lipinski definition) is 4.